The van der Waals surface area contributed by atoms with Gasteiger partial charge in [0.15, 0.2) is 0 Å². The molecule has 0 aromatic heterocycles. The van der Waals surface area contributed by atoms with Crippen molar-refractivity contribution in [3.8, 4) is 0 Å². The summed E-state index contributed by atoms with van der Waals surface area (Å²) < 4.78 is 46.3. The van der Waals surface area contributed by atoms with Crippen molar-refractivity contribution in [2.45, 2.75) is 11.8 Å². The summed E-state index contributed by atoms with van der Waals surface area (Å²) in [6, 6.07) is 3.91. The molecule has 0 amide bonds. The molecule has 0 saturated heterocycles. The Labute approximate surface area is 94.6 Å². The van der Waals surface area contributed by atoms with Crippen LogP contribution >= 0.6 is 0 Å². The van der Waals surface area contributed by atoms with E-state index in [1.165, 1.54) is 18.2 Å². The summed E-state index contributed by atoms with van der Waals surface area (Å²) in [6.07, 6.45) is 1.01. The lowest BCUT2D eigenvalue weighted by molar-refractivity contribution is 0.597. The van der Waals surface area contributed by atoms with Crippen LogP contribution in [-0.4, -0.2) is 23.1 Å². The molecule has 6 nitrogen and oxygen atoms in total. The van der Waals surface area contributed by atoms with Crippen LogP contribution in [0.4, 0.5) is 5.69 Å². The predicted molar refractivity (Wildman–Crippen MR) is 61.0 cm³/mol. The zero-order valence-corrected chi connectivity index (χ0v) is 10.4. The Morgan fingerprint density at radius 3 is 2.12 bits per heavy atom. The van der Waals surface area contributed by atoms with Crippen LogP contribution in [0.5, 0.6) is 0 Å². The number of anilines is 1. The van der Waals surface area contributed by atoms with E-state index in [1.54, 1.807) is 6.92 Å². The third-order valence-corrected chi connectivity index (χ3v) is 3.32. The molecule has 3 N–H and O–H groups in total. The quantitative estimate of drug-likeness (QED) is 0.802. The molecule has 0 aliphatic rings. The molecule has 1 aromatic rings. The third-order valence-electron chi connectivity index (χ3n) is 1.82. The van der Waals surface area contributed by atoms with E-state index in [-0.39, 0.29) is 4.90 Å². The van der Waals surface area contributed by atoms with Crippen LogP contribution in [-0.2, 0) is 20.0 Å². The van der Waals surface area contributed by atoms with E-state index in [0.29, 0.717) is 11.3 Å². The molecule has 1 rings (SSSR count). The molecular weight excluding hydrogens is 252 g/mol. The van der Waals surface area contributed by atoms with Crippen LogP contribution < -0.4 is 9.86 Å². The fourth-order valence-corrected chi connectivity index (χ4v) is 2.35. The Balaban J connectivity index is 3.21. The number of aryl methyl sites for hydroxylation is 1. The highest BCUT2D eigenvalue weighted by Crippen LogP contribution is 2.19. The van der Waals surface area contributed by atoms with Crippen LogP contribution in [0, 0.1) is 6.92 Å². The van der Waals surface area contributed by atoms with Gasteiger partial charge in [0.1, 0.15) is 0 Å². The highest BCUT2D eigenvalue weighted by molar-refractivity contribution is 7.92. The van der Waals surface area contributed by atoms with E-state index in [2.05, 4.69) is 4.72 Å². The van der Waals surface area contributed by atoms with Gasteiger partial charge in [-0.1, -0.05) is 0 Å². The second-order valence-electron chi connectivity index (χ2n) is 3.40. The molecule has 0 unspecified atom stereocenters. The first-order valence-electron chi connectivity index (χ1n) is 4.21. The van der Waals surface area contributed by atoms with Crippen LogP contribution in [0.25, 0.3) is 0 Å². The minimum atomic E-state index is -3.76. The SMILES string of the molecule is Cc1cc(S(N)(=O)=O)ccc1NS(C)(=O)=O. The second kappa shape index (κ2) is 4.04. The Kier molecular flexibility index (Phi) is 3.27. The molecule has 8 heteroatoms. The molecule has 0 radical (unpaired) electrons. The van der Waals surface area contributed by atoms with Crippen molar-refractivity contribution in [1.29, 1.82) is 0 Å². The van der Waals surface area contributed by atoms with Gasteiger partial charge in [-0.25, -0.2) is 22.0 Å². The molecule has 1 aromatic carbocycles. The number of hydrogen-bond donors (Lipinski definition) is 2. The van der Waals surface area contributed by atoms with E-state index in [4.69, 9.17) is 5.14 Å². The number of benzene rings is 1. The molecule has 0 heterocycles. The summed E-state index contributed by atoms with van der Waals surface area (Å²) in [7, 11) is -7.14. The fraction of sp³-hybridized carbons (Fsp3) is 0.250. The average molecular weight is 264 g/mol. The smallest absolute Gasteiger partial charge is 0.238 e. The molecule has 0 fully saturated rings. The van der Waals surface area contributed by atoms with Gasteiger partial charge in [-0.2, -0.15) is 0 Å². The first kappa shape index (κ1) is 12.9. The monoisotopic (exact) mass is 264 g/mol. The molecule has 90 valence electrons. The van der Waals surface area contributed by atoms with Gasteiger partial charge in [0.25, 0.3) is 0 Å². The molecule has 0 aliphatic heterocycles. The van der Waals surface area contributed by atoms with E-state index >= 15 is 0 Å². The number of hydrogen-bond acceptors (Lipinski definition) is 4. The van der Waals surface area contributed by atoms with Gasteiger partial charge < -0.3 is 0 Å². The van der Waals surface area contributed by atoms with Crippen molar-refractivity contribution in [1.82, 2.24) is 0 Å². The molecule has 16 heavy (non-hydrogen) atoms. The standard InChI is InChI=1S/C8H12N2O4S2/c1-6-5-7(16(9,13)14)3-4-8(6)10-15(2,11)12/h3-5,10H,1-2H3,(H2,9,13,14). The van der Waals surface area contributed by atoms with Gasteiger partial charge in [-0.3, -0.25) is 4.72 Å². The van der Waals surface area contributed by atoms with Gasteiger partial charge in [0.2, 0.25) is 20.0 Å². The number of nitrogens with two attached hydrogens (primary N) is 1. The second-order valence-corrected chi connectivity index (χ2v) is 6.71. The maximum Gasteiger partial charge on any atom is 0.238 e. The van der Waals surface area contributed by atoms with Crippen molar-refractivity contribution in [3.05, 3.63) is 23.8 Å². The minimum absolute atomic E-state index is 0.0518. The Hall–Kier alpha value is -1.12. The van der Waals surface area contributed by atoms with E-state index in [1.807, 2.05) is 0 Å². The Morgan fingerprint density at radius 1 is 1.19 bits per heavy atom. The lowest BCUT2D eigenvalue weighted by Gasteiger charge is -2.08. The predicted octanol–water partition coefficient (Wildman–Crippen LogP) is 0.0139. The molecule has 0 aliphatic carbocycles. The molecule has 0 bridgehead atoms. The van der Waals surface area contributed by atoms with Crippen molar-refractivity contribution in [2.24, 2.45) is 5.14 Å². The summed E-state index contributed by atoms with van der Waals surface area (Å²) in [5, 5.41) is 4.94. The number of rotatable bonds is 3. The zero-order chi connectivity index (χ0) is 12.6. The van der Waals surface area contributed by atoms with E-state index < -0.39 is 20.0 Å². The molecular formula is C8H12N2O4S2. The summed E-state index contributed by atoms with van der Waals surface area (Å²) in [5.74, 6) is 0. The van der Waals surface area contributed by atoms with Crippen molar-refractivity contribution in [2.75, 3.05) is 11.0 Å². The summed E-state index contributed by atoms with van der Waals surface area (Å²) >= 11 is 0. The first-order chi connectivity index (χ1) is 7.09. The van der Waals surface area contributed by atoms with E-state index in [0.717, 1.165) is 6.26 Å². The Bertz CT molecular complexity index is 605. The molecule has 0 spiro atoms. The lowest BCUT2D eigenvalue weighted by atomic mass is 10.2. The first-order valence-corrected chi connectivity index (χ1v) is 7.64. The van der Waals surface area contributed by atoms with Crippen LogP contribution in [0.15, 0.2) is 23.1 Å². The topological polar surface area (TPSA) is 106 Å². The largest absolute Gasteiger partial charge is 0.284 e. The average Bonchev–Trinajstić information content (AvgIpc) is 2.04. The third kappa shape index (κ3) is 3.47. The van der Waals surface area contributed by atoms with E-state index in [9.17, 15) is 16.8 Å². The van der Waals surface area contributed by atoms with Gasteiger partial charge in [-0.15, -0.1) is 0 Å². The maximum atomic E-state index is 11.0. The lowest BCUT2D eigenvalue weighted by Crippen LogP contribution is -2.14. The zero-order valence-electron chi connectivity index (χ0n) is 8.76. The summed E-state index contributed by atoms with van der Waals surface area (Å²) in [5.41, 5.74) is 0.812. The number of primary sulfonamides is 1. The molecule has 0 saturated carbocycles. The highest BCUT2D eigenvalue weighted by atomic mass is 32.2. The van der Waals surface area contributed by atoms with Crippen LogP contribution in [0.2, 0.25) is 0 Å². The number of nitrogens with one attached hydrogen (secondary N) is 1. The minimum Gasteiger partial charge on any atom is -0.284 e. The van der Waals surface area contributed by atoms with Gasteiger partial charge >= 0.3 is 0 Å². The van der Waals surface area contributed by atoms with Crippen molar-refractivity contribution in [3.63, 3.8) is 0 Å². The maximum absolute atomic E-state index is 11.0. The van der Waals surface area contributed by atoms with Crippen LogP contribution in [0.3, 0.4) is 0 Å². The summed E-state index contributed by atoms with van der Waals surface area (Å²) in [6.45, 7) is 1.59. The van der Waals surface area contributed by atoms with Crippen LogP contribution in [0.1, 0.15) is 5.56 Å². The number of sulfonamides is 2. The molecule has 0 atom stereocenters. The van der Waals surface area contributed by atoms with Gasteiger partial charge in [-0.05, 0) is 30.7 Å². The summed E-state index contributed by atoms with van der Waals surface area (Å²) in [4.78, 5) is -0.0518. The highest BCUT2D eigenvalue weighted by Gasteiger charge is 2.11. The van der Waals surface area contributed by atoms with Gasteiger partial charge in [0, 0.05) is 0 Å². The normalized spacial score (nSPS) is 12.4. The fourth-order valence-electron chi connectivity index (χ4n) is 1.13. The van der Waals surface area contributed by atoms with Crippen molar-refractivity contribution < 1.29 is 16.8 Å². The van der Waals surface area contributed by atoms with Crippen molar-refractivity contribution >= 4 is 25.7 Å². The Morgan fingerprint density at radius 2 is 1.75 bits per heavy atom. The van der Waals surface area contributed by atoms with Gasteiger partial charge in [0.05, 0.1) is 16.8 Å².